The molecule has 0 saturated carbocycles. The fourth-order valence-electron chi connectivity index (χ4n) is 1.28. The number of benzene rings is 1. The highest BCUT2D eigenvalue weighted by Gasteiger charge is 2.05. The summed E-state index contributed by atoms with van der Waals surface area (Å²) in [7, 11) is 3.44. The third-order valence-electron chi connectivity index (χ3n) is 2.14. The van der Waals surface area contributed by atoms with E-state index in [1.54, 1.807) is 14.2 Å². The molecule has 4 nitrogen and oxygen atoms in total. The highest BCUT2D eigenvalue weighted by molar-refractivity contribution is 5.61. The van der Waals surface area contributed by atoms with Crippen molar-refractivity contribution in [3.05, 3.63) is 30.3 Å². The number of aromatic nitrogens is 1. The van der Waals surface area contributed by atoms with Gasteiger partial charge in [0.15, 0.2) is 11.6 Å². The zero-order chi connectivity index (χ0) is 10.7. The van der Waals surface area contributed by atoms with Crippen molar-refractivity contribution in [2.45, 2.75) is 0 Å². The highest BCUT2D eigenvalue weighted by Crippen LogP contribution is 2.24. The maximum atomic E-state index is 5.16. The molecule has 78 valence electrons. The summed E-state index contributed by atoms with van der Waals surface area (Å²) in [5.41, 5.74) is 0.977. The summed E-state index contributed by atoms with van der Waals surface area (Å²) in [5.74, 6) is 2.29. The molecule has 0 bridgehead atoms. The summed E-state index contributed by atoms with van der Waals surface area (Å²) in [4.78, 5) is 0. The normalized spacial score (nSPS) is 10.0. The SMILES string of the molecule is CNc1cc(-c2ccc(OC)cc2)on1. The third kappa shape index (κ3) is 1.93. The molecule has 0 aliphatic rings. The Labute approximate surface area is 87.8 Å². The molecule has 1 aromatic carbocycles. The van der Waals surface area contributed by atoms with E-state index in [0.717, 1.165) is 22.9 Å². The molecule has 0 saturated heterocycles. The van der Waals surface area contributed by atoms with Gasteiger partial charge in [0.25, 0.3) is 0 Å². The quantitative estimate of drug-likeness (QED) is 0.833. The fourth-order valence-corrected chi connectivity index (χ4v) is 1.28. The topological polar surface area (TPSA) is 47.3 Å². The Kier molecular flexibility index (Phi) is 2.58. The molecule has 15 heavy (non-hydrogen) atoms. The van der Waals surface area contributed by atoms with Gasteiger partial charge in [0, 0.05) is 18.7 Å². The lowest BCUT2D eigenvalue weighted by atomic mass is 10.2. The van der Waals surface area contributed by atoms with Crippen LogP contribution < -0.4 is 10.1 Å². The first-order chi connectivity index (χ1) is 7.33. The predicted octanol–water partition coefficient (Wildman–Crippen LogP) is 2.39. The van der Waals surface area contributed by atoms with E-state index in [4.69, 9.17) is 9.26 Å². The van der Waals surface area contributed by atoms with Crippen molar-refractivity contribution >= 4 is 5.82 Å². The van der Waals surface area contributed by atoms with Gasteiger partial charge in [-0.15, -0.1) is 0 Å². The predicted molar refractivity (Wildman–Crippen MR) is 58.0 cm³/mol. The maximum absolute atomic E-state index is 5.16. The fraction of sp³-hybridized carbons (Fsp3) is 0.182. The highest BCUT2D eigenvalue weighted by atomic mass is 16.5. The van der Waals surface area contributed by atoms with Crippen LogP contribution in [0.4, 0.5) is 5.82 Å². The zero-order valence-electron chi connectivity index (χ0n) is 8.65. The smallest absolute Gasteiger partial charge is 0.169 e. The largest absolute Gasteiger partial charge is 0.497 e. The number of anilines is 1. The van der Waals surface area contributed by atoms with Crippen LogP contribution >= 0.6 is 0 Å². The van der Waals surface area contributed by atoms with Crippen LogP contribution in [0.25, 0.3) is 11.3 Å². The molecule has 0 atom stereocenters. The van der Waals surface area contributed by atoms with Gasteiger partial charge < -0.3 is 14.6 Å². The van der Waals surface area contributed by atoms with Gasteiger partial charge >= 0.3 is 0 Å². The molecule has 0 spiro atoms. The van der Waals surface area contributed by atoms with Crippen molar-refractivity contribution in [3.63, 3.8) is 0 Å². The Balaban J connectivity index is 2.28. The second-order valence-electron chi connectivity index (χ2n) is 3.05. The molecule has 4 heteroatoms. The lowest BCUT2D eigenvalue weighted by molar-refractivity contribution is 0.414. The van der Waals surface area contributed by atoms with Crippen molar-refractivity contribution in [1.29, 1.82) is 0 Å². The summed E-state index contributed by atoms with van der Waals surface area (Å²) in [6.45, 7) is 0. The van der Waals surface area contributed by atoms with Gasteiger partial charge in [-0.2, -0.15) is 0 Å². The van der Waals surface area contributed by atoms with Crippen molar-refractivity contribution < 1.29 is 9.26 Å². The average Bonchev–Trinajstić information content (AvgIpc) is 2.78. The molecule has 0 aliphatic heterocycles. The van der Waals surface area contributed by atoms with Crippen LogP contribution in [0.1, 0.15) is 0 Å². The number of hydrogen-bond acceptors (Lipinski definition) is 4. The molecular formula is C11H12N2O2. The third-order valence-corrected chi connectivity index (χ3v) is 2.14. The summed E-state index contributed by atoms with van der Waals surface area (Å²) < 4.78 is 10.2. The summed E-state index contributed by atoms with van der Waals surface area (Å²) in [6, 6.07) is 9.48. The van der Waals surface area contributed by atoms with E-state index in [9.17, 15) is 0 Å². The minimum absolute atomic E-state index is 0.723. The van der Waals surface area contributed by atoms with Crippen molar-refractivity contribution in [2.24, 2.45) is 0 Å². The van der Waals surface area contributed by atoms with Crippen LogP contribution in [0.3, 0.4) is 0 Å². The first-order valence-corrected chi connectivity index (χ1v) is 4.62. The molecule has 1 aromatic heterocycles. The molecular weight excluding hydrogens is 192 g/mol. The van der Waals surface area contributed by atoms with Crippen LogP contribution in [0, 0.1) is 0 Å². The minimum atomic E-state index is 0.723. The monoisotopic (exact) mass is 204 g/mol. The molecule has 0 radical (unpaired) electrons. The first-order valence-electron chi connectivity index (χ1n) is 4.62. The summed E-state index contributed by atoms with van der Waals surface area (Å²) in [5, 5.41) is 6.75. The molecule has 1 N–H and O–H groups in total. The van der Waals surface area contributed by atoms with E-state index >= 15 is 0 Å². The van der Waals surface area contributed by atoms with Crippen LogP contribution in [0.15, 0.2) is 34.9 Å². The van der Waals surface area contributed by atoms with Gasteiger partial charge in [-0.1, -0.05) is 5.16 Å². The van der Waals surface area contributed by atoms with E-state index in [-0.39, 0.29) is 0 Å². The molecule has 0 aliphatic carbocycles. The number of methoxy groups -OCH3 is 1. The molecule has 1 heterocycles. The standard InChI is InChI=1S/C11H12N2O2/c1-12-11-7-10(15-13-11)8-3-5-9(14-2)6-4-8/h3-7H,1-2H3,(H,12,13). The number of rotatable bonds is 3. The average molecular weight is 204 g/mol. The summed E-state index contributed by atoms with van der Waals surface area (Å²) in [6.07, 6.45) is 0. The Hall–Kier alpha value is -1.97. The van der Waals surface area contributed by atoms with Gasteiger partial charge in [-0.25, -0.2) is 0 Å². The summed E-state index contributed by atoms with van der Waals surface area (Å²) >= 11 is 0. The van der Waals surface area contributed by atoms with Crippen LogP contribution in [-0.4, -0.2) is 19.3 Å². The van der Waals surface area contributed by atoms with Gasteiger partial charge in [0.2, 0.25) is 0 Å². The van der Waals surface area contributed by atoms with E-state index in [1.807, 2.05) is 30.3 Å². The lowest BCUT2D eigenvalue weighted by Crippen LogP contribution is -1.85. The van der Waals surface area contributed by atoms with Crippen LogP contribution in [-0.2, 0) is 0 Å². The van der Waals surface area contributed by atoms with E-state index in [2.05, 4.69) is 10.5 Å². The van der Waals surface area contributed by atoms with Gasteiger partial charge in [0.05, 0.1) is 7.11 Å². The zero-order valence-corrected chi connectivity index (χ0v) is 8.65. The Morgan fingerprint density at radius 2 is 2.00 bits per heavy atom. The van der Waals surface area contributed by atoms with Gasteiger partial charge in [-0.05, 0) is 24.3 Å². The lowest BCUT2D eigenvalue weighted by Gasteiger charge is -1.99. The number of hydrogen-bond donors (Lipinski definition) is 1. The first kappa shape index (κ1) is 9.58. The Bertz CT molecular complexity index is 434. The molecule has 0 amide bonds. The van der Waals surface area contributed by atoms with Gasteiger partial charge in [-0.3, -0.25) is 0 Å². The number of ether oxygens (including phenoxy) is 1. The van der Waals surface area contributed by atoms with E-state index < -0.39 is 0 Å². The molecule has 2 aromatic rings. The van der Waals surface area contributed by atoms with Crippen molar-refractivity contribution in [2.75, 3.05) is 19.5 Å². The van der Waals surface area contributed by atoms with Gasteiger partial charge in [0.1, 0.15) is 5.75 Å². The second kappa shape index (κ2) is 4.04. The van der Waals surface area contributed by atoms with Crippen LogP contribution in [0.5, 0.6) is 5.75 Å². The van der Waals surface area contributed by atoms with Crippen molar-refractivity contribution in [3.8, 4) is 17.1 Å². The second-order valence-corrected chi connectivity index (χ2v) is 3.05. The van der Waals surface area contributed by atoms with Crippen LogP contribution in [0.2, 0.25) is 0 Å². The van der Waals surface area contributed by atoms with E-state index in [1.165, 1.54) is 0 Å². The Morgan fingerprint density at radius 3 is 2.53 bits per heavy atom. The molecule has 0 fully saturated rings. The van der Waals surface area contributed by atoms with Crippen molar-refractivity contribution in [1.82, 2.24) is 5.16 Å². The molecule has 0 unspecified atom stereocenters. The number of nitrogens with zero attached hydrogens (tertiary/aromatic N) is 1. The number of nitrogens with one attached hydrogen (secondary N) is 1. The van der Waals surface area contributed by atoms with E-state index in [0.29, 0.717) is 0 Å². The maximum Gasteiger partial charge on any atom is 0.169 e. The minimum Gasteiger partial charge on any atom is -0.497 e. The molecule has 2 rings (SSSR count). The Morgan fingerprint density at radius 1 is 1.27 bits per heavy atom.